The van der Waals surface area contributed by atoms with Crippen molar-refractivity contribution in [1.82, 2.24) is 0 Å². The van der Waals surface area contributed by atoms with Gasteiger partial charge in [0.25, 0.3) is 5.60 Å². The number of rotatable bonds is 6. The normalized spacial score (nSPS) is 30.5. The number of alkyl halides is 7. The lowest BCUT2D eigenvalue weighted by Gasteiger charge is -2.42. The average molecular weight is 502 g/mol. The topological polar surface area (TPSA) is 46.5 Å². The van der Waals surface area contributed by atoms with Crippen LogP contribution in [0.2, 0.25) is 0 Å². The molecule has 5 unspecified atom stereocenters. The van der Waals surface area contributed by atoms with Crippen LogP contribution < -0.4 is 0 Å². The van der Waals surface area contributed by atoms with Gasteiger partial charge in [-0.3, -0.25) is 4.79 Å². The third-order valence-electron chi connectivity index (χ3n) is 5.75. The van der Waals surface area contributed by atoms with Crippen molar-refractivity contribution in [3.63, 3.8) is 0 Å². The SMILES string of the molecule is CCC(I)C(=O)OCCC1CC2CC1CC2C(O)(C(F)(F)F)C(F)(F)F. The summed E-state index contributed by atoms with van der Waals surface area (Å²) in [5.74, 6) is -3.46. The molecule has 0 saturated heterocycles. The fraction of sp³-hybridized carbons (Fsp3) is 0.938. The summed E-state index contributed by atoms with van der Waals surface area (Å²) in [4.78, 5) is 11.6. The number of carbonyl (C=O) groups is 1. The number of hydrogen-bond donors (Lipinski definition) is 1. The molecule has 2 bridgehead atoms. The Kier molecular flexibility index (Phi) is 6.47. The molecule has 0 spiro atoms. The molecule has 0 radical (unpaired) electrons. The van der Waals surface area contributed by atoms with E-state index in [2.05, 4.69) is 0 Å². The lowest BCUT2D eigenvalue weighted by Crippen LogP contribution is -2.62. The van der Waals surface area contributed by atoms with Crippen molar-refractivity contribution in [1.29, 1.82) is 0 Å². The Balaban J connectivity index is 1.96. The zero-order valence-electron chi connectivity index (χ0n) is 14.0. The Bertz CT molecular complexity index is 507. The number of carbonyl (C=O) groups excluding carboxylic acids is 1. The van der Waals surface area contributed by atoms with Crippen LogP contribution in [0.4, 0.5) is 26.3 Å². The monoisotopic (exact) mass is 502 g/mol. The number of esters is 1. The van der Waals surface area contributed by atoms with Crippen molar-refractivity contribution in [3.8, 4) is 0 Å². The van der Waals surface area contributed by atoms with Gasteiger partial charge >= 0.3 is 18.3 Å². The second kappa shape index (κ2) is 7.63. The minimum absolute atomic E-state index is 0.0796. The summed E-state index contributed by atoms with van der Waals surface area (Å²) < 4.78 is 83.1. The zero-order valence-corrected chi connectivity index (χ0v) is 16.2. The average Bonchev–Trinajstić information content (AvgIpc) is 3.11. The first kappa shape index (κ1) is 22.0. The molecule has 3 nitrogen and oxygen atoms in total. The van der Waals surface area contributed by atoms with E-state index in [1.165, 1.54) is 0 Å². The van der Waals surface area contributed by atoms with Crippen LogP contribution in [-0.2, 0) is 9.53 Å². The molecule has 152 valence electrons. The van der Waals surface area contributed by atoms with Crippen molar-refractivity contribution < 1.29 is 41.0 Å². The van der Waals surface area contributed by atoms with Crippen molar-refractivity contribution in [2.45, 2.75) is 60.9 Å². The number of hydrogen-bond acceptors (Lipinski definition) is 3. The van der Waals surface area contributed by atoms with E-state index in [1.54, 1.807) is 0 Å². The highest BCUT2D eigenvalue weighted by atomic mass is 127. The van der Waals surface area contributed by atoms with Crippen LogP contribution in [0, 0.1) is 23.7 Å². The van der Waals surface area contributed by atoms with Gasteiger partial charge in [0.2, 0.25) is 0 Å². The molecule has 2 aliphatic rings. The highest BCUT2D eigenvalue weighted by molar-refractivity contribution is 14.1. The van der Waals surface area contributed by atoms with Crippen LogP contribution in [0.15, 0.2) is 0 Å². The minimum atomic E-state index is -5.76. The minimum Gasteiger partial charge on any atom is -0.465 e. The number of fused-ring (bicyclic) bond motifs is 2. The fourth-order valence-corrected chi connectivity index (χ4v) is 4.59. The molecule has 5 atom stereocenters. The van der Waals surface area contributed by atoms with E-state index >= 15 is 0 Å². The van der Waals surface area contributed by atoms with Gasteiger partial charge in [0, 0.05) is 5.92 Å². The van der Waals surface area contributed by atoms with Gasteiger partial charge in [-0.15, -0.1) is 0 Å². The van der Waals surface area contributed by atoms with Crippen LogP contribution in [0.5, 0.6) is 0 Å². The molecule has 10 heteroatoms. The van der Waals surface area contributed by atoms with Gasteiger partial charge in [0.15, 0.2) is 0 Å². The summed E-state index contributed by atoms with van der Waals surface area (Å²) in [6.45, 7) is 1.94. The summed E-state index contributed by atoms with van der Waals surface area (Å²) in [5, 5.41) is 9.61. The Hall–Kier alpha value is -0.260. The molecule has 0 aliphatic heterocycles. The summed E-state index contributed by atoms with van der Waals surface area (Å²) in [5.41, 5.74) is -4.66. The van der Waals surface area contributed by atoms with E-state index in [0.29, 0.717) is 12.8 Å². The number of aliphatic hydroxyl groups is 1. The van der Waals surface area contributed by atoms with Crippen LogP contribution in [-0.4, -0.2) is 39.6 Å². The van der Waals surface area contributed by atoms with Crippen LogP contribution in [0.3, 0.4) is 0 Å². The lowest BCUT2D eigenvalue weighted by molar-refractivity contribution is -0.389. The van der Waals surface area contributed by atoms with Crippen molar-refractivity contribution in [2.24, 2.45) is 23.7 Å². The molecule has 0 aromatic carbocycles. The highest BCUT2D eigenvalue weighted by Crippen LogP contribution is 2.61. The molecular formula is C16H21F6IO3. The first-order chi connectivity index (χ1) is 11.8. The van der Waals surface area contributed by atoms with Gasteiger partial charge < -0.3 is 9.84 Å². The van der Waals surface area contributed by atoms with Crippen LogP contribution in [0.1, 0.15) is 39.0 Å². The van der Waals surface area contributed by atoms with Crippen LogP contribution in [0.25, 0.3) is 0 Å². The molecule has 2 fully saturated rings. The first-order valence-corrected chi connectivity index (χ1v) is 9.74. The van der Waals surface area contributed by atoms with E-state index in [9.17, 15) is 36.2 Å². The van der Waals surface area contributed by atoms with Gasteiger partial charge in [-0.2, -0.15) is 26.3 Å². The Labute approximate surface area is 161 Å². The third kappa shape index (κ3) is 3.95. The van der Waals surface area contributed by atoms with Gasteiger partial charge in [0.05, 0.1) is 6.61 Å². The van der Waals surface area contributed by atoms with Gasteiger partial charge in [-0.25, -0.2) is 0 Å². The maximum atomic E-state index is 13.0. The van der Waals surface area contributed by atoms with Crippen molar-refractivity contribution in [3.05, 3.63) is 0 Å². The second-order valence-corrected chi connectivity index (χ2v) is 8.69. The number of halogens is 7. The molecule has 26 heavy (non-hydrogen) atoms. The van der Waals surface area contributed by atoms with Gasteiger partial charge in [0.1, 0.15) is 3.92 Å². The van der Waals surface area contributed by atoms with E-state index in [4.69, 9.17) is 4.74 Å². The molecule has 0 amide bonds. The van der Waals surface area contributed by atoms with Crippen LogP contribution >= 0.6 is 22.6 Å². The molecule has 0 heterocycles. The van der Waals surface area contributed by atoms with Crippen molar-refractivity contribution >= 4 is 28.6 Å². The molecule has 0 aromatic rings. The quantitative estimate of drug-likeness (QED) is 0.249. The van der Waals surface area contributed by atoms with E-state index in [-0.39, 0.29) is 47.6 Å². The predicted molar refractivity (Wildman–Crippen MR) is 88.5 cm³/mol. The molecule has 1 N–H and O–H groups in total. The highest BCUT2D eigenvalue weighted by Gasteiger charge is 2.76. The smallest absolute Gasteiger partial charge is 0.426 e. The van der Waals surface area contributed by atoms with Gasteiger partial charge in [-0.1, -0.05) is 29.5 Å². The van der Waals surface area contributed by atoms with E-state index < -0.39 is 29.8 Å². The first-order valence-electron chi connectivity index (χ1n) is 8.49. The largest absolute Gasteiger partial charge is 0.465 e. The standard InChI is InChI=1S/C16H21F6IO3/c1-2-12(23)13(24)26-4-3-8-5-10-6-9(8)7-11(10)14(25,15(17,18)19)16(20,21)22/h8-12,25H,2-7H2,1H3. The predicted octanol–water partition coefficient (Wildman–Crippen LogP) is 4.65. The third-order valence-corrected chi connectivity index (χ3v) is 7.14. The maximum absolute atomic E-state index is 13.0. The molecule has 0 aromatic heterocycles. The summed E-state index contributed by atoms with van der Waals surface area (Å²) in [6.07, 6.45) is -10.4. The maximum Gasteiger partial charge on any atom is 0.426 e. The molecule has 2 rings (SSSR count). The van der Waals surface area contributed by atoms with Gasteiger partial charge in [-0.05, 0) is 49.9 Å². The second-order valence-electron chi connectivity index (χ2n) is 7.19. The number of ether oxygens (including phenoxy) is 1. The molecular weight excluding hydrogens is 481 g/mol. The Morgan fingerprint density at radius 1 is 1.12 bits per heavy atom. The van der Waals surface area contributed by atoms with Crippen molar-refractivity contribution in [2.75, 3.05) is 6.61 Å². The van der Waals surface area contributed by atoms with E-state index in [0.717, 1.165) is 0 Å². The molecule has 2 aliphatic carbocycles. The summed E-state index contributed by atoms with van der Waals surface area (Å²) in [7, 11) is 0. The Morgan fingerprint density at radius 2 is 1.69 bits per heavy atom. The zero-order chi connectivity index (χ0) is 19.9. The Morgan fingerprint density at radius 3 is 2.12 bits per heavy atom. The van der Waals surface area contributed by atoms with E-state index in [1.807, 2.05) is 29.5 Å². The summed E-state index contributed by atoms with van der Waals surface area (Å²) in [6, 6.07) is 0. The fourth-order valence-electron chi connectivity index (χ4n) is 4.41. The lowest BCUT2D eigenvalue weighted by atomic mass is 9.72. The summed E-state index contributed by atoms with van der Waals surface area (Å²) >= 11 is 1.95. The molecule has 2 saturated carbocycles.